The van der Waals surface area contributed by atoms with Crippen molar-refractivity contribution in [2.75, 3.05) is 6.54 Å². The molecule has 2 aliphatic rings. The van der Waals surface area contributed by atoms with E-state index in [2.05, 4.69) is 5.32 Å². The summed E-state index contributed by atoms with van der Waals surface area (Å²) in [6.45, 7) is -0.474. The molecular formula is C20H17N3O5. The fraction of sp³-hybridized carbons (Fsp3) is 0.250. The van der Waals surface area contributed by atoms with Crippen LogP contribution in [0.4, 0.5) is 5.69 Å². The van der Waals surface area contributed by atoms with Gasteiger partial charge in [-0.1, -0.05) is 36.4 Å². The number of nitro groups is 1. The third kappa shape index (κ3) is 2.74. The molecule has 4 rings (SSSR count). The molecule has 1 N–H and O–H groups in total. The van der Waals surface area contributed by atoms with Crippen LogP contribution in [0.15, 0.2) is 48.5 Å². The number of carbonyl (C=O) groups is 3. The van der Waals surface area contributed by atoms with Crippen LogP contribution in [-0.2, 0) is 10.3 Å². The minimum atomic E-state index is -0.815. The second-order valence-corrected chi connectivity index (χ2v) is 7.00. The van der Waals surface area contributed by atoms with Crippen LogP contribution in [-0.4, -0.2) is 34.1 Å². The Morgan fingerprint density at radius 3 is 2.39 bits per heavy atom. The number of amides is 3. The number of carbonyl (C=O) groups excluding carboxylic acids is 3. The number of benzene rings is 2. The molecule has 0 spiro atoms. The molecule has 142 valence electrons. The first-order valence-corrected chi connectivity index (χ1v) is 8.93. The quantitative estimate of drug-likeness (QED) is 0.487. The van der Waals surface area contributed by atoms with Crippen molar-refractivity contribution >= 4 is 23.4 Å². The molecule has 1 heterocycles. The Balaban J connectivity index is 1.54. The molecular weight excluding hydrogens is 362 g/mol. The van der Waals surface area contributed by atoms with Crippen molar-refractivity contribution in [2.45, 2.75) is 24.8 Å². The van der Waals surface area contributed by atoms with Gasteiger partial charge in [-0.25, -0.2) is 0 Å². The molecule has 2 aromatic carbocycles. The van der Waals surface area contributed by atoms with Gasteiger partial charge in [0.2, 0.25) is 5.91 Å². The van der Waals surface area contributed by atoms with Gasteiger partial charge in [0.05, 0.1) is 16.0 Å². The molecule has 0 saturated heterocycles. The number of hydrogen-bond acceptors (Lipinski definition) is 5. The number of rotatable bonds is 5. The van der Waals surface area contributed by atoms with Gasteiger partial charge >= 0.3 is 0 Å². The zero-order valence-corrected chi connectivity index (χ0v) is 14.9. The lowest BCUT2D eigenvalue weighted by molar-refractivity contribution is -0.385. The molecule has 1 aliphatic carbocycles. The zero-order chi connectivity index (χ0) is 19.9. The molecule has 1 aliphatic heterocycles. The van der Waals surface area contributed by atoms with E-state index < -0.39 is 40.4 Å². The lowest BCUT2D eigenvalue weighted by atomic mass is 9.72. The van der Waals surface area contributed by atoms with Crippen LogP contribution >= 0.6 is 0 Å². The average molecular weight is 379 g/mol. The summed E-state index contributed by atoms with van der Waals surface area (Å²) in [7, 11) is 0. The zero-order valence-electron chi connectivity index (χ0n) is 14.9. The predicted molar refractivity (Wildman–Crippen MR) is 98.6 cm³/mol. The second-order valence-electron chi connectivity index (χ2n) is 7.00. The average Bonchev–Trinajstić information content (AvgIpc) is 2.90. The minimum absolute atomic E-state index is 0.0478. The summed E-state index contributed by atoms with van der Waals surface area (Å²) < 4.78 is 0. The molecule has 0 aromatic heterocycles. The van der Waals surface area contributed by atoms with Gasteiger partial charge in [0.1, 0.15) is 12.1 Å². The third-order valence-electron chi connectivity index (χ3n) is 5.39. The van der Waals surface area contributed by atoms with Gasteiger partial charge in [-0.3, -0.25) is 29.4 Å². The maximum atomic E-state index is 12.7. The maximum absolute atomic E-state index is 12.7. The molecule has 2 aromatic rings. The summed E-state index contributed by atoms with van der Waals surface area (Å²) in [5, 5.41) is 14.1. The summed E-state index contributed by atoms with van der Waals surface area (Å²) in [6, 6.07) is 13.4. The van der Waals surface area contributed by atoms with Crippen LogP contribution in [0.3, 0.4) is 0 Å². The van der Waals surface area contributed by atoms with E-state index in [9.17, 15) is 24.5 Å². The lowest BCUT2D eigenvalue weighted by Gasteiger charge is -2.43. The SMILES string of the molecule is O=C(CN1C(=O)c2cccc([N+](=O)[O-])c2C1=O)NC1(c2ccccc2)CCC1. The summed E-state index contributed by atoms with van der Waals surface area (Å²) in [5.74, 6) is -1.98. The smallest absolute Gasteiger partial charge is 0.282 e. The highest BCUT2D eigenvalue weighted by Crippen LogP contribution is 2.41. The van der Waals surface area contributed by atoms with Crippen molar-refractivity contribution in [3.05, 3.63) is 75.3 Å². The molecule has 1 fully saturated rings. The molecule has 0 bridgehead atoms. The Bertz CT molecular complexity index is 998. The van der Waals surface area contributed by atoms with Crippen molar-refractivity contribution in [1.82, 2.24) is 10.2 Å². The highest BCUT2D eigenvalue weighted by molar-refractivity contribution is 6.24. The monoisotopic (exact) mass is 379 g/mol. The number of nitrogens with one attached hydrogen (secondary N) is 1. The summed E-state index contributed by atoms with van der Waals surface area (Å²) in [4.78, 5) is 49.0. The fourth-order valence-electron chi connectivity index (χ4n) is 3.83. The topological polar surface area (TPSA) is 110 Å². The highest BCUT2D eigenvalue weighted by atomic mass is 16.6. The number of nitrogens with zero attached hydrogens (tertiary/aromatic N) is 2. The van der Waals surface area contributed by atoms with Gasteiger partial charge in [0.25, 0.3) is 17.5 Å². The van der Waals surface area contributed by atoms with Gasteiger partial charge in [-0.2, -0.15) is 0 Å². The summed E-state index contributed by atoms with van der Waals surface area (Å²) in [6.07, 6.45) is 2.51. The van der Waals surface area contributed by atoms with Gasteiger partial charge < -0.3 is 5.32 Å². The van der Waals surface area contributed by atoms with E-state index in [0.29, 0.717) is 0 Å². The molecule has 0 radical (unpaired) electrons. The predicted octanol–water partition coefficient (Wildman–Crippen LogP) is 2.39. The first-order valence-electron chi connectivity index (χ1n) is 8.93. The van der Waals surface area contributed by atoms with Gasteiger partial charge in [-0.15, -0.1) is 0 Å². The number of nitro benzene ring substituents is 1. The largest absolute Gasteiger partial charge is 0.345 e. The van der Waals surface area contributed by atoms with Gasteiger partial charge in [0, 0.05) is 6.07 Å². The number of fused-ring (bicyclic) bond motifs is 1. The Morgan fingerprint density at radius 2 is 1.79 bits per heavy atom. The first-order chi connectivity index (χ1) is 13.4. The van der Waals surface area contributed by atoms with E-state index in [1.807, 2.05) is 30.3 Å². The number of imide groups is 1. The Labute approximate surface area is 160 Å². The molecule has 3 amide bonds. The molecule has 1 saturated carbocycles. The third-order valence-corrected chi connectivity index (χ3v) is 5.39. The Hall–Kier alpha value is -3.55. The second kappa shape index (κ2) is 6.56. The van der Waals surface area contributed by atoms with E-state index in [1.165, 1.54) is 18.2 Å². The van der Waals surface area contributed by atoms with E-state index in [0.717, 1.165) is 29.7 Å². The van der Waals surface area contributed by atoms with E-state index >= 15 is 0 Å². The number of hydrogen-bond donors (Lipinski definition) is 1. The molecule has 28 heavy (non-hydrogen) atoms. The summed E-state index contributed by atoms with van der Waals surface area (Å²) in [5.41, 5.74) is -0.255. The van der Waals surface area contributed by atoms with Gasteiger partial charge in [-0.05, 0) is 30.9 Å². The maximum Gasteiger partial charge on any atom is 0.282 e. The van der Waals surface area contributed by atoms with Crippen LogP contribution < -0.4 is 5.32 Å². The Morgan fingerprint density at radius 1 is 1.07 bits per heavy atom. The highest BCUT2D eigenvalue weighted by Gasteiger charge is 2.44. The van der Waals surface area contributed by atoms with Crippen molar-refractivity contribution < 1.29 is 19.3 Å². The van der Waals surface area contributed by atoms with Crippen LogP contribution in [0.2, 0.25) is 0 Å². The van der Waals surface area contributed by atoms with Crippen molar-refractivity contribution in [3.63, 3.8) is 0 Å². The van der Waals surface area contributed by atoms with E-state index in [-0.39, 0.29) is 11.1 Å². The fourth-order valence-corrected chi connectivity index (χ4v) is 3.83. The van der Waals surface area contributed by atoms with Crippen LogP contribution in [0.1, 0.15) is 45.5 Å². The van der Waals surface area contributed by atoms with Crippen molar-refractivity contribution in [2.24, 2.45) is 0 Å². The van der Waals surface area contributed by atoms with Gasteiger partial charge in [0.15, 0.2) is 0 Å². The molecule has 0 unspecified atom stereocenters. The molecule has 0 atom stereocenters. The molecule has 8 heteroatoms. The normalized spacial score (nSPS) is 17.1. The summed E-state index contributed by atoms with van der Waals surface area (Å²) >= 11 is 0. The first kappa shape index (κ1) is 17.8. The van der Waals surface area contributed by atoms with Crippen LogP contribution in [0.5, 0.6) is 0 Å². The standard InChI is InChI=1S/C20H17N3O5/c24-16(21-20(10-5-11-20)13-6-2-1-3-7-13)12-22-18(25)14-8-4-9-15(23(27)28)17(14)19(22)26/h1-4,6-9H,5,10-12H2,(H,21,24). The van der Waals surface area contributed by atoms with E-state index in [1.54, 1.807) is 0 Å². The lowest BCUT2D eigenvalue weighted by Crippen LogP contribution is -2.53. The van der Waals surface area contributed by atoms with Crippen molar-refractivity contribution in [1.29, 1.82) is 0 Å². The van der Waals surface area contributed by atoms with Crippen molar-refractivity contribution in [3.8, 4) is 0 Å². The Kier molecular flexibility index (Phi) is 4.18. The van der Waals surface area contributed by atoms with Crippen LogP contribution in [0, 0.1) is 10.1 Å². The minimum Gasteiger partial charge on any atom is -0.345 e. The van der Waals surface area contributed by atoms with E-state index in [4.69, 9.17) is 0 Å². The van der Waals surface area contributed by atoms with Crippen LogP contribution in [0.25, 0.3) is 0 Å². The molecule has 8 nitrogen and oxygen atoms in total.